The molecule has 1 fully saturated rings. The molecule has 0 heterocycles. The maximum absolute atomic E-state index is 12.9. The SMILES string of the molecule is C[C@H](NC(N)=O)C(=O)N[C@H]1C[C@@H]1c1ccccc1C(F)(F)F. The van der Waals surface area contributed by atoms with Gasteiger partial charge in [0.05, 0.1) is 5.56 Å². The number of rotatable bonds is 4. The Hall–Kier alpha value is -2.25. The molecule has 0 aromatic heterocycles. The number of carbonyl (C=O) groups excluding carboxylic acids is 2. The lowest BCUT2D eigenvalue weighted by Gasteiger charge is -2.14. The quantitative estimate of drug-likeness (QED) is 0.790. The molecule has 4 N–H and O–H groups in total. The molecule has 1 aliphatic rings. The van der Waals surface area contributed by atoms with Crippen LogP contribution in [0.2, 0.25) is 0 Å². The number of amides is 3. The zero-order valence-electron chi connectivity index (χ0n) is 11.8. The molecular formula is C14H16F3N3O2. The van der Waals surface area contributed by atoms with Crippen LogP contribution in [0.1, 0.15) is 30.4 Å². The second-order valence-corrected chi connectivity index (χ2v) is 5.27. The molecule has 3 amide bonds. The molecule has 0 radical (unpaired) electrons. The van der Waals surface area contributed by atoms with Crippen LogP contribution in [0.25, 0.3) is 0 Å². The molecule has 3 atom stereocenters. The average Bonchev–Trinajstić information content (AvgIpc) is 3.16. The minimum Gasteiger partial charge on any atom is -0.352 e. The molecule has 1 aliphatic carbocycles. The van der Waals surface area contributed by atoms with E-state index in [0.29, 0.717) is 6.42 Å². The van der Waals surface area contributed by atoms with Gasteiger partial charge in [-0.25, -0.2) is 4.79 Å². The lowest BCUT2D eigenvalue weighted by Crippen LogP contribution is -2.47. The number of primary amides is 1. The second kappa shape index (κ2) is 5.86. The van der Waals surface area contributed by atoms with Crippen molar-refractivity contribution in [1.29, 1.82) is 0 Å². The number of benzene rings is 1. The highest BCUT2D eigenvalue weighted by molar-refractivity contribution is 5.86. The van der Waals surface area contributed by atoms with Crippen molar-refractivity contribution in [3.05, 3.63) is 35.4 Å². The molecule has 0 spiro atoms. The van der Waals surface area contributed by atoms with Crippen LogP contribution in [0.5, 0.6) is 0 Å². The summed E-state index contributed by atoms with van der Waals surface area (Å²) in [6, 6.07) is 3.29. The van der Waals surface area contributed by atoms with Crippen molar-refractivity contribution in [2.24, 2.45) is 5.73 Å². The lowest BCUT2D eigenvalue weighted by atomic mass is 10.0. The number of alkyl halides is 3. The maximum atomic E-state index is 12.9. The lowest BCUT2D eigenvalue weighted by molar-refractivity contribution is -0.138. The summed E-state index contributed by atoms with van der Waals surface area (Å²) in [6.07, 6.45) is -3.99. The first kappa shape index (κ1) is 16.1. The number of hydrogen-bond acceptors (Lipinski definition) is 2. The van der Waals surface area contributed by atoms with Gasteiger partial charge in [-0.05, 0) is 25.0 Å². The van der Waals surface area contributed by atoms with Gasteiger partial charge >= 0.3 is 12.2 Å². The van der Waals surface area contributed by atoms with Crippen molar-refractivity contribution in [2.75, 3.05) is 0 Å². The zero-order valence-corrected chi connectivity index (χ0v) is 11.8. The van der Waals surface area contributed by atoms with E-state index >= 15 is 0 Å². The van der Waals surface area contributed by atoms with E-state index in [1.165, 1.54) is 19.1 Å². The summed E-state index contributed by atoms with van der Waals surface area (Å²) in [7, 11) is 0. The predicted molar refractivity (Wildman–Crippen MR) is 72.9 cm³/mol. The summed E-state index contributed by atoms with van der Waals surface area (Å²) in [5, 5.41) is 4.82. The van der Waals surface area contributed by atoms with Crippen LogP contribution >= 0.6 is 0 Å². The molecule has 22 heavy (non-hydrogen) atoms. The Bertz CT molecular complexity index is 589. The van der Waals surface area contributed by atoms with Crippen molar-refractivity contribution in [2.45, 2.75) is 37.5 Å². The Morgan fingerprint density at radius 1 is 1.32 bits per heavy atom. The summed E-state index contributed by atoms with van der Waals surface area (Å²) in [5.41, 5.74) is 4.40. The third-order valence-electron chi connectivity index (χ3n) is 3.54. The topological polar surface area (TPSA) is 84.2 Å². The van der Waals surface area contributed by atoms with Crippen molar-refractivity contribution in [3.8, 4) is 0 Å². The average molecular weight is 315 g/mol. The molecule has 0 unspecified atom stereocenters. The van der Waals surface area contributed by atoms with Gasteiger partial charge in [0.15, 0.2) is 0 Å². The van der Waals surface area contributed by atoms with Gasteiger partial charge in [0.2, 0.25) is 5.91 Å². The highest BCUT2D eigenvalue weighted by Crippen LogP contribution is 2.46. The van der Waals surface area contributed by atoms with E-state index in [-0.39, 0.29) is 17.5 Å². The zero-order chi connectivity index (χ0) is 16.5. The van der Waals surface area contributed by atoms with Crippen molar-refractivity contribution in [1.82, 2.24) is 10.6 Å². The minimum atomic E-state index is -4.42. The van der Waals surface area contributed by atoms with Crippen molar-refractivity contribution >= 4 is 11.9 Å². The molecule has 2 rings (SSSR count). The van der Waals surface area contributed by atoms with E-state index < -0.39 is 29.7 Å². The highest BCUT2D eigenvalue weighted by atomic mass is 19.4. The third kappa shape index (κ3) is 3.69. The van der Waals surface area contributed by atoms with Crippen LogP contribution in [0, 0.1) is 0 Å². The van der Waals surface area contributed by atoms with Crippen LogP contribution in [0.3, 0.4) is 0 Å². The number of nitrogens with two attached hydrogens (primary N) is 1. The standard InChI is InChI=1S/C14H16F3N3O2/c1-7(19-13(18)22)12(21)20-11-6-9(11)8-4-2-3-5-10(8)14(15,16)17/h2-5,7,9,11H,6H2,1H3,(H,20,21)(H3,18,19,22)/t7-,9+,11-/m0/s1. The van der Waals surface area contributed by atoms with Gasteiger partial charge in [-0.2, -0.15) is 13.2 Å². The minimum absolute atomic E-state index is 0.177. The number of urea groups is 1. The Morgan fingerprint density at radius 3 is 2.55 bits per heavy atom. The predicted octanol–water partition coefficient (Wildman–Crippen LogP) is 1.73. The fourth-order valence-corrected chi connectivity index (χ4v) is 2.36. The van der Waals surface area contributed by atoms with E-state index in [0.717, 1.165) is 6.07 Å². The van der Waals surface area contributed by atoms with Gasteiger partial charge in [-0.3, -0.25) is 4.79 Å². The van der Waals surface area contributed by atoms with Crippen LogP contribution in [-0.2, 0) is 11.0 Å². The van der Waals surface area contributed by atoms with Crippen molar-refractivity contribution < 1.29 is 22.8 Å². The molecule has 0 saturated heterocycles. The Morgan fingerprint density at radius 2 is 1.95 bits per heavy atom. The molecule has 1 saturated carbocycles. The first-order chi connectivity index (χ1) is 10.2. The van der Waals surface area contributed by atoms with E-state index in [4.69, 9.17) is 5.73 Å². The van der Waals surface area contributed by atoms with E-state index in [1.54, 1.807) is 6.07 Å². The van der Waals surface area contributed by atoms with E-state index in [1.807, 2.05) is 0 Å². The molecule has 120 valence electrons. The van der Waals surface area contributed by atoms with Crippen LogP contribution in [-0.4, -0.2) is 24.0 Å². The number of hydrogen-bond donors (Lipinski definition) is 3. The number of halogens is 3. The fraction of sp³-hybridized carbons (Fsp3) is 0.429. The summed E-state index contributed by atoms with van der Waals surface area (Å²) >= 11 is 0. The Balaban J connectivity index is 2.02. The summed E-state index contributed by atoms with van der Waals surface area (Å²) in [4.78, 5) is 22.4. The Kier molecular flexibility index (Phi) is 4.30. The van der Waals surface area contributed by atoms with E-state index in [9.17, 15) is 22.8 Å². The number of carbonyl (C=O) groups is 2. The molecule has 0 bridgehead atoms. The van der Waals surface area contributed by atoms with Crippen LogP contribution < -0.4 is 16.4 Å². The molecule has 8 heteroatoms. The summed E-state index contributed by atoms with van der Waals surface area (Å²) in [5.74, 6) is -0.849. The molecule has 5 nitrogen and oxygen atoms in total. The first-order valence-electron chi connectivity index (χ1n) is 6.72. The van der Waals surface area contributed by atoms with Gasteiger partial charge < -0.3 is 16.4 Å². The number of nitrogens with one attached hydrogen (secondary N) is 2. The van der Waals surface area contributed by atoms with E-state index in [2.05, 4.69) is 10.6 Å². The van der Waals surface area contributed by atoms with Gasteiger partial charge in [0, 0.05) is 12.0 Å². The van der Waals surface area contributed by atoms with Crippen LogP contribution in [0.4, 0.5) is 18.0 Å². The Labute approximate surface area is 125 Å². The molecule has 1 aromatic carbocycles. The first-order valence-corrected chi connectivity index (χ1v) is 6.72. The smallest absolute Gasteiger partial charge is 0.352 e. The van der Waals surface area contributed by atoms with Gasteiger partial charge in [0.1, 0.15) is 6.04 Å². The maximum Gasteiger partial charge on any atom is 0.416 e. The summed E-state index contributed by atoms with van der Waals surface area (Å²) in [6.45, 7) is 1.45. The second-order valence-electron chi connectivity index (χ2n) is 5.27. The largest absolute Gasteiger partial charge is 0.416 e. The normalized spacial score (nSPS) is 21.8. The van der Waals surface area contributed by atoms with Gasteiger partial charge in [-0.1, -0.05) is 18.2 Å². The molecular weight excluding hydrogens is 299 g/mol. The van der Waals surface area contributed by atoms with Crippen molar-refractivity contribution in [3.63, 3.8) is 0 Å². The third-order valence-corrected chi connectivity index (χ3v) is 3.54. The monoisotopic (exact) mass is 315 g/mol. The fourth-order valence-electron chi connectivity index (χ4n) is 2.36. The van der Waals surface area contributed by atoms with Gasteiger partial charge in [0.25, 0.3) is 0 Å². The molecule has 1 aromatic rings. The van der Waals surface area contributed by atoms with Gasteiger partial charge in [-0.15, -0.1) is 0 Å². The summed E-state index contributed by atoms with van der Waals surface area (Å²) < 4.78 is 38.8. The highest BCUT2D eigenvalue weighted by Gasteiger charge is 2.45. The van der Waals surface area contributed by atoms with Crippen LogP contribution in [0.15, 0.2) is 24.3 Å². The molecule has 0 aliphatic heterocycles.